The van der Waals surface area contributed by atoms with Crippen LogP contribution in [0.3, 0.4) is 0 Å². The highest BCUT2D eigenvalue weighted by molar-refractivity contribution is 5.89. The summed E-state index contributed by atoms with van der Waals surface area (Å²) >= 11 is 0. The van der Waals surface area contributed by atoms with Gasteiger partial charge in [0.1, 0.15) is 5.75 Å². The van der Waals surface area contributed by atoms with Gasteiger partial charge in [-0.2, -0.15) is 9.59 Å². The maximum Gasteiger partial charge on any atom is 0.373 e. The number of ether oxygens (including phenoxy) is 2. The van der Waals surface area contributed by atoms with Crippen LogP contribution in [-0.4, -0.2) is 25.8 Å². The van der Waals surface area contributed by atoms with E-state index in [2.05, 4.69) is 4.74 Å². The minimum absolute atomic E-state index is 0.250. The van der Waals surface area contributed by atoms with E-state index in [1.807, 2.05) is 19.9 Å². The topological polar surface area (TPSA) is 69.7 Å². The van der Waals surface area contributed by atoms with Crippen LogP contribution in [0, 0.1) is 6.92 Å². The summed E-state index contributed by atoms with van der Waals surface area (Å²) in [5, 5.41) is 0. The third kappa shape index (κ3) is 5.27. The monoisotopic (exact) mass is 252 g/mol. The van der Waals surface area contributed by atoms with Crippen molar-refractivity contribution in [2.45, 2.75) is 20.3 Å². The fourth-order valence-corrected chi connectivity index (χ4v) is 1.21. The Labute approximate surface area is 106 Å². The smallest absolute Gasteiger partial charge is 0.373 e. The highest BCUT2D eigenvalue weighted by atomic mass is 16.5. The molecule has 0 atom stereocenters. The summed E-state index contributed by atoms with van der Waals surface area (Å²) < 4.78 is 10.2. The molecule has 5 heteroatoms. The molecule has 0 aliphatic carbocycles. The van der Waals surface area contributed by atoms with Crippen molar-refractivity contribution in [2.24, 2.45) is 0 Å². The minimum atomic E-state index is -0.337. The van der Waals surface area contributed by atoms with Gasteiger partial charge in [0.15, 0.2) is 0 Å². The first-order chi connectivity index (χ1) is 8.60. The van der Waals surface area contributed by atoms with Gasteiger partial charge in [-0.05, 0) is 31.0 Å². The van der Waals surface area contributed by atoms with Crippen molar-refractivity contribution in [1.82, 2.24) is 0 Å². The van der Waals surface area contributed by atoms with Crippen LogP contribution in [-0.2, 0) is 14.3 Å². The predicted octanol–water partition coefficient (Wildman–Crippen LogP) is 1.99. The first-order valence-corrected chi connectivity index (χ1v) is 5.41. The average Bonchev–Trinajstić information content (AvgIpc) is 2.38. The Bertz CT molecular complexity index is 419. The maximum absolute atomic E-state index is 11.3. The second-order valence-corrected chi connectivity index (χ2v) is 3.40. The van der Waals surface area contributed by atoms with Crippen molar-refractivity contribution < 1.29 is 23.9 Å². The maximum atomic E-state index is 11.3. The molecule has 98 valence electrons. The van der Waals surface area contributed by atoms with Crippen LogP contribution in [0.2, 0.25) is 0 Å². The Balaban J connectivity index is 0.000000873. The van der Waals surface area contributed by atoms with E-state index < -0.39 is 0 Å². The van der Waals surface area contributed by atoms with E-state index >= 15 is 0 Å². The Kier molecular flexibility index (Phi) is 7.90. The molecule has 1 aromatic carbocycles. The molecular formula is C13H16O5. The number of rotatable bonds is 4. The van der Waals surface area contributed by atoms with Gasteiger partial charge in [-0.3, -0.25) is 0 Å². The molecule has 0 radical (unpaired) electrons. The average molecular weight is 252 g/mol. The molecule has 0 fully saturated rings. The number of hydrogen-bond acceptors (Lipinski definition) is 5. The zero-order valence-corrected chi connectivity index (χ0v) is 10.7. The lowest BCUT2D eigenvalue weighted by Gasteiger charge is -2.09. The third-order valence-electron chi connectivity index (χ3n) is 2.07. The summed E-state index contributed by atoms with van der Waals surface area (Å²) in [6, 6.07) is 5.31. The van der Waals surface area contributed by atoms with E-state index in [-0.39, 0.29) is 12.1 Å². The van der Waals surface area contributed by atoms with Crippen LogP contribution >= 0.6 is 0 Å². The molecule has 0 bridgehead atoms. The number of methoxy groups -OCH3 is 1. The van der Waals surface area contributed by atoms with Gasteiger partial charge < -0.3 is 9.47 Å². The highest BCUT2D eigenvalue weighted by Gasteiger charge is 2.08. The quantitative estimate of drug-likeness (QED) is 0.766. The van der Waals surface area contributed by atoms with Gasteiger partial charge in [-0.1, -0.05) is 13.0 Å². The van der Waals surface area contributed by atoms with Crippen LogP contribution in [0.1, 0.15) is 29.3 Å². The Hall–Kier alpha value is -2.13. The van der Waals surface area contributed by atoms with E-state index in [4.69, 9.17) is 14.3 Å². The molecule has 0 saturated heterocycles. The van der Waals surface area contributed by atoms with Crippen molar-refractivity contribution in [1.29, 1.82) is 0 Å². The van der Waals surface area contributed by atoms with E-state index in [1.165, 1.54) is 7.11 Å². The lowest BCUT2D eigenvalue weighted by molar-refractivity contribution is -0.191. The molecule has 18 heavy (non-hydrogen) atoms. The van der Waals surface area contributed by atoms with Crippen LogP contribution in [0.15, 0.2) is 18.2 Å². The lowest BCUT2D eigenvalue weighted by atomic mass is 10.1. The molecule has 0 unspecified atom stereocenters. The Morgan fingerprint density at radius 3 is 2.44 bits per heavy atom. The fraction of sp³-hybridized carbons (Fsp3) is 0.385. The van der Waals surface area contributed by atoms with Gasteiger partial charge in [-0.15, -0.1) is 0 Å². The lowest BCUT2D eigenvalue weighted by Crippen LogP contribution is -2.03. The number of esters is 1. The minimum Gasteiger partial charge on any atom is -0.493 e. The normalized spacial score (nSPS) is 8.61. The fourth-order valence-electron chi connectivity index (χ4n) is 1.21. The van der Waals surface area contributed by atoms with Crippen molar-refractivity contribution in [3.63, 3.8) is 0 Å². The molecule has 0 aromatic heterocycles. The van der Waals surface area contributed by atoms with Gasteiger partial charge in [0.2, 0.25) is 0 Å². The second-order valence-electron chi connectivity index (χ2n) is 3.40. The van der Waals surface area contributed by atoms with Crippen LogP contribution in [0.25, 0.3) is 0 Å². The predicted molar refractivity (Wildman–Crippen MR) is 63.3 cm³/mol. The molecule has 0 N–H and O–H groups in total. The van der Waals surface area contributed by atoms with Gasteiger partial charge in [0, 0.05) is 0 Å². The van der Waals surface area contributed by atoms with Crippen molar-refractivity contribution in [2.75, 3.05) is 13.7 Å². The van der Waals surface area contributed by atoms with Crippen molar-refractivity contribution in [3.8, 4) is 5.75 Å². The van der Waals surface area contributed by atoms with Crippen LogP contribution < -0.4 is 4.74 Å². The SMILES string of the molecule is CCCOc1cc(C(=O)OC)ccc1C.O=C=O. The van der Waals surface area contributed by atoms with Gasteiger partial charge >= 0.3 is 12.1 Å². The largest absolute Gasteiger partial charge is 0.493 e. The summed E-state index contributed by atoms with van der Waals surface area (Å²) in [6.07, 6.45) is 1.20. The summed E-state index contributed by atoms with van der Waals surface area (Å²) in [4.78, 5) is 27.5. The second kappa shape index (κ2) is 8.96. The number of hydrogen-bond donors (Lipinski definition) is 0. The molecular weight excluding hydrogens is 236 g/mol. The zero-order valence-electron chi connectivity index (χ0n) is 10.7. The first-order valence-electron chi connectivity index (χ1n) is 5.41. The number of benzene rings is 1. The first kappa shape index (κ1) is 15.9. The third-order valence-corrected chi connectivity index (χ3v) is 2.07. The molecule has 0 aliphatic heterocycles. The summed E-state index contributed by atoms with van der Waals surface area (Å²) in [5.41, 5.74) is 1.55. The molecule has 1 rings (SSSR count). The van der Waals surface area contributed by atoms with Crippen molar-refractivity contribution in [3.05, 3.63) is 29.3 Å². The molecule has 5 nitrogen and oxygen atoms in total. The van der Waals surface area contributed by atoms with Crippen molar-refractivity contribution >= 4 is 12.1 Å². The van der Waals surface area contributed by atoms with E-state index in [9.17, 15) is 4.79 Å². The van der Waals surface area contributed by atoms with Crippen LogP contribution in [0.4, 0.5) is 0 Å². The number of aryl methyl sites for hydroxylation is 1. The highest BCUT2D eigenvalue weighted by Crippen LogP contribution is 2.20. The number of carbonyl (C=O) groups excluding carboxylic acids is 3. The molecule has 0 spiro atoms. The molecule has 0 saturated carbocycles. The zero-order chi connectivity index (χ0) is 14.0. The molecule has 0 heterocycles. The van der Waals surface area contributed by atoms with Gasteiger partial charge in [0.05, 0.1) is 19.3 Å². The van der Waals surface area contributed by atoms with E-state index in [1.54, 1.807) is 12.1 Å². The van der Waals surface area contributed by atoms with E-state index in [0.717, 1.165) is 17.7 Å². The summed E-state index contributed by atoms with van der Waals surface area (Å²) in [6.45, 7) is 4.65. The molecule has 0 aliphatic rings. The Morgan fingerprint density at radius 1 is 1.33 bits per heavy atom. The molecule has 1 aromatic rings. The standard InChI is InChI=1S/C12H16O3.CO2/c1-4-7-15-11-8-10(12(13)14-3)6-5-9(11)2;2-1-3/h5-6,8H,4,7H2,1-3H3;. The number of carbonyl (C=O) groups is 1. The van der Waals surface area contributed by atoms with Crippen LogP contribution in [0.5, 0.6) is 5.75 Å². The summed E-state index contributed by atoms with van der Waals surface area (Å²) in [7, 11) is 1.37. The Morgan fingerprint density at radius 2 is 1.94 bits per heavy atom. The van der Waals surface area contributed by atoms with Gasteiger partial charge in [0.25, 0.3) is 0 Å². The molecule has 0 amide bonds. The van der Waals surface area contributed by atoms with Gasteiger partial charge in [-0.25, -0.2) is 4.79 Å². The summed E-state index contributed by atoms with van der Waals surface area (Å²) in [5.74, 6) is 0.413. The van der Waals surface area contributed by atoms with E-state index in [0.29, 0.717) is 12.2 Å².